The fraction of sp³-hybridized carbons (Fsp3) is 0.625. The second kappa shape index (κ2) is 2.34. The van der Waals surface area contributed by atoms with Gasteiger partial charge in [0.2, 0.25) is 0 Å². The van der Waals surface area contributed by atoms with Crippen molar-refractivity contribution in [1.82, 2.24) is 9.78 Å². The average molecular weight is 152 g/mol. The van der Waals surface area contributed by atoms with E-state index in [9.17, 15) is 0 Å². The smallest absolute Gasteiger partial charge is 0.109 e. The molecule has 2 heterocycles. The van der Waals surface area contributed by atoms with E-state index in [1.165, 1.54) is 5.56 Å². The van der Waals surface area contributed by atoms with Gasteiger partial charge in [-0.05, 0) is 13.8 Å². The molecule has 1 aliphatic rings. The van der Waals surface area contributed by atoms with Gasteiger partial charge in [-0.1, -0.05) is 0 Å². The summed E-state index contributed by atoms with van der Waals surface area (Å²) in [6.07, 6.45) is 4.28. The van der Waals surface area contributed by atoms with Crippen LogP contribution in [0.2, 0.25) is 0 Å². The summed E-state index contributed by atoms with van der Waals surface area (Å²) in [5, 5.41) is 4.21. The Morgan fingerprint density at radius 2 is 2.45 bits per heavy atom. The molecule has 11 heavy (non-hydrogen) atoms. The van der Waals surface area contributed by atoms with Crippen LogP contribution in [-0.2, 0) is 4.74 Å². The first kappa shape index (κ1) is 6.85. The van der Waals surface area contributed by atoms with Crippen molar-refractivity contribution in [2.24, 2.45) is 0 Å². The molecule has 1 aromatic rings. The molecule has 0 amide bonds. The van der Waals surface area contributed by atoms with Crippen molar-refractivity contribution in [3.63, 3.8) is 0 Å². The Bertz CT molecular complexity index is 234. The van der Waals surface area contributed by atoms with E-state index in [0.717, 1.165) is 6.61 Å². The largest absolute Gasteiger partial charge is 0.368 e. The maximum atomic E-state index is 5.13. The van der Waals surface area contributed by atoms with Gasteiger partial charge in [0.05, 0.1) is 12.8 Å². The lowest BCUT2D eigenvalue weighted by Gasteiger charge is -2.02. The number of aromatic nitrogens is 2. The zero-order valence-corrected chi connectivity index (χ0v) is 6.82. The molecule has 60 valence electrons. The van der Waals surface area contributed by atoms with Crippen LogP contribution in [-0.4, -0.2) is 16.4 Å². The van der Waals surface area contributed by atoms with E-state index in [1.807, 2.05) is 10.9 Å². The molecule has 1 aromatic heterocycles. The number of nitrogens with zero attached hydrogens (tertiary/aromatic N) is 2. The third-order valence-corrected chi connectivity index (χ3v) is 1.86. The van der Waals surface area contributed by atoms with Crippen LogP contribution in [0.3, 0.4) is 0 Å². The van der Waals surface area contributed by atoms with Gasteiger partial charge in [0.25, 0.3) is 0 Å². The van der Waals surface area contributed by atoms with Gasteiger partial charge < -0.3 is 4.74 Å². The number of ether oxygens (including phenoxy) is 1. The van der Waals surface area contributed by atoms with Crippen molar-refractivity contribution < 1.29 is 4.74 Å². The fourth-order valence-corrected chi connectivity index (χ4v) is 1.04. The van der Waals surface area contributed by atoms with E-state index in [4.69, 9.17) is 4.74 Å². The Labute approximate surface area is 66.0 Å². The second-order valence-electron chi connectivity index (χ2n) is 3.17. The molecular weight excluding hydrogens is 140 g/mol. The van der Waals surface area contributed by atoms with E-state index in [-0.39, 0.29) is 0 Å². The minimum atomic E-state index is 0.336. The maximum absolute atomic E-state index is 5.13. The second-order valence-corrected chi connectivity index (χ2v) is 3.17. The predicted molar refractivity (Wildman–Crippen MR) is 41.3 cm³/mol. The molecule has 1 fully saturated rings. The van der Waals surface area contributed by atoms with Gasteiger partial charge in [-0.25, -0.2) is 0 Å². The van der Waals surface area contributed by atoms with Crippen LogP contribution in [0.4, 0.5) is 0 Å². The van der Waals surface area contributed by atoms with E-state index >= 15 is 0 Å². The summed E-state index contributed by atoms with van der Waals surface area (Å²) in [5.41, 5.74) is 1.21. The first-order valence-electron chi connectivity index (χ1n) is 3.93. The SMILES string of the molecule is CC(C)n1cc([C@H]2CO2)cn1. The van der Waals surface area contributed by atoms with Crippen LogP contribution in [0, 0.1) is 0 Å². The summed E-state index contributed by atoms with van der Waals surface area (Å²) in [6.45, 7) is 5.10. The highest BCUT2D eigenvalue weighted by atomic mass is 16.6. The molecule has 0 saturated carbocycles. The highest BCUT2D eigenvalue weighted by Gasteiger charge is 2.26. The molecule has 0 radical (unpaired) electrons. The average Bonchev–Trinajstić information content (AvgIpc) is 2.68. The number of rotatable bonds is 2. The quantitative estimate of drug-likeness (QED) is 0.602. The molecule has 1 aliphatic heterocycles. The van der Waals surface area contributed by atoms with E-state index < -0.39 is 0 Å². The topological polar surface area (TPSA) is 30.4 Å². The zero-order chi connectivity index (χ0) is 7.84. The minimum Gasteiger partial charge on any atom is -0.368 e. The highest BCUT2D eigenvalue weighted by Crippen LogP contribution is 2.29. The van der Waals surface area contributed by atoms with Crippen LogP contribution in [0.15, 0.2) is 12.4 Å². The van der Waals surface area contributed by atoms with Crippen molar-refractivity contribution in [2.45, 2.75) is 26.0 Å². The van der Waals surface area contributed by atoms with E-state index in [1.54, 1.807) is 0 Å². The van der Waals surface area contributed by atoms with Crippen molar-refractivity contribution in [1.29, 1.82) is 0 Å². The molecule has 0 N–H and O–H groups in total. The minimum absolute atomic E-state index is 0.336. The fourth-order valence-electron chi connectivity index (χ4n) is 1.04. The molecule has 0 spiro atoms. The van der Waals surface area contributed by atoms with Crippen molar-refractivity contribution in [3.05, 3.63) is 18.0 Å². The third-order valence-electron chi connectivity index (χ3n) is 1.86. The van der Waals surface area contributed by atoms with Crippen LogP contribution < -0.4 is 0 Å². The first-order chi connectivity index (χ1) is 5.27. The van der Waals surface area contributed by atoms with Crippen molar-refractivity contribution in [2.75, 3.05) is 6.61 Å². The molecule has 1 saturated heterocycles. The molecule has 3 heteroatoms. The summed E-state index contributed by atoms with van der Waals surface area (Å²) < 4.78 is 7.09. The Morgan fingerprint density at radius 3 is 2.91 bits per heavy atom. The molecule has 2 rings (SSSR count). The summed E-state index contributed by atoms with van der Waals surface area (Å²) >= 11 is 0. The lowest BCUT2D eigenvalue weighted by atomic mass is 10.3. The molecule has 0 aromatic carbocycles. The van der Waals surface area contributed by atoms with Gasteiger partial charge in [0, 0.05) is 17.8 Å². The van der Waals surface area contributed by atoms with Gasteiger partial charge in [0.1, 0.15) is 6.10 Å². The molecule has 3 nitrogen and oxygen atoms in total. The third kappa shape index (κ3) is 1.28. The number of hydrogen-bond acceptors (Lipinski definition) is 2. The lowest BCUT2D eigenvalue weighted by Crippen LogP contribution is -1.99. The van der Waals surface area contributed by atoms with E-state index in [0.29, 0.717) is 12.1 Å². The number of epoxide rings is 1. The van der Waals surface area contributed by atoms with Crippen LogP contribution in [0.1, 0.15) is 31.6 Å². The van der Waals surface area contributed by atoms with Crippen molar-refractivity contribution >= 4 is 0 Å². The zero-order valence-electron chi connectivity index (χ0n) is 6.82. The summed E-state index contributed by atoms with van der Waals surface area (Å²) in [5.74, 6) is 0. The van der Waals surface area contributed by atoms with Gasteiger partial charge in [-0.2, -0.15) is 5.10 Å². The van der Waals surface area contributed by atoms with Crippen molar-refractivity contribution in [3.8, 4) is 0 Å². The van der Waals surface area contributed by atoms with E-state index in [2.05, 4.69) is 25.1 Å². The summed E-state index contributed by atoms with van der Waals surface area (Å²) in [6, 6.07) is 0.447. The van der Waals surface area contributed by atoms with Gasteiger partial charge >= 0.3 is 0 Å². The molecule has 0 bridgehead atoms. The van der Waals surface area contributed by atoms with Gasteiger partial charge in [-0.3, -0.25) is 4.68 Å². The normalized spacial score (nSPS) is 22.6. The molecule has 0 unspecified atom stereocenters. The molecule has 0 aliphatic carbocycles. The first-order valence-corrected chi connectivity index (χ1v) is 3.93. The predicted octanol–water partition coefficient (Wildman–Crippen LogP) is 1.54. The number of hydrogen-bond donors (Lipinski definition) is 0. The van der Waals surface area contributed by atoms with Crippen LogP contribution in [0.5, 0.6) is 0 Å². The Morgan fingerprint density at radius 1 is 1.73 bits per heavy atom. The van der Waals surface area contributed by atoms with Crippen LogP contribution >= 0.6 is 0 Å². The Hall–Kier alpha value is -0.830. The monoisotopic (exact) mass is 152 g/mol. The maximum Gasteiger partial charge on any atom is 0.109 e. The van der Waals surface area contributed by atoms with Crippen LogP contribution in [0.25, 0.3) is 0 Å². The summed E-state index contributed by atoms with van der Waals surface area (Å²) in [4.78, 5) is 0. The Kier molecular flexibility index (Phi) is 1.46. The Balaban J connectivity index is 2.18. The van der Waals surface area contributed by atoms with Gasteiger partial charge in [-0.15, -0.1) is 0 Å². The lowest BCUT2D eigenvalue weighted by molar-refractivity contribution is 0.415. The van der Waals surface area contributed by atoms with Gasteiger partial charge in [0.15, 0.2) is 0 Å². The molecule has 1 atom stereocenters. The highest BCUT2D eigenvalue weighted by molar-refractivity contribution is 5.12. The molecular formula is C8H12N2O. The summed E-state index contributed by atoms with van der Waals surface area (Å²) in [7, 11) is 0. The standard InChI is InChI=1S/C8H12N2O/c1-6(2)10-4-7(3-9-10)8-5-11-8/h3-4,6,8H,5H2,1-2H3/t8-/m1/s1.